The molecule has 0 spiro atoms. The average molecular weight is 382 g/mol. The lowest BCUT2D eigenvalue weighted by Crippen LogP contribution is -2.43. The maximum Gasteiger partial charge on any atom is 0.328 e. The summed E-state index contributed by atoms with van der Waals surface area (Å²) in [6.07, 6.45) is 0. The lowest BCUT2D eigenvalue weighted by molar-refractivity contribution is -0.143. The van der Waals surface area contributed by atoms with Crippen LogP contribution in [0, 0.1) is 0 Å². The molecule has 6 heteroatoms. The molecule has 5 nitrogen and oxygen atoms in total. The van der Waals surface area contributed by atoms with Crippen LogP contribution >= 0.6 is 0 Å². The van der Waals surface area contributed by atoms with Gasteiger partial charge in [0, 0.05) is 11.5 Å². The van der Waals surface area contributed by atoms with Crippen molar-refractivity contribution in [1.82, 2.24) is 0 Å². The third-order valence-electron chi connectivity index (χ3n) is 4.71. The lowest BCUT2D eigenvalue weighted by atomic mass is 9.86. The monoisotopic (exact) mass is 382 g/mol. The summed E-state index contributed by atoms with van der Waals surface area (Å²) >= 11 is 0. The molecule has 0 bridgehead atoms. The van der Waals surface area contributed by atoms with Crippen molar-refractivity contribution in [3.63, 3.8) is 0 Å². The number of ether oxygens (including phenoxy) is 1. The van der Waals surface area contributed by atoms with Crippen molar-refractivity contribution in [2.45, 2.75) is 18.1 Å². The van der Waals surface area contributed by atoms with Crippen LogP contribution in [0.3, 0.4) is 0 Å². The van der Waals surface area contributed by atoms with Crippen LogP contribution in [-0.4, -0.2) is 26.2 Å². The van der Waals surface area contributed by atoms with Crippen molar-refractivity contribution in [3.05, 3.63) is 77.9 Å². The van der Waals surface area contributed by atoms with E-state index in [1.54, 1.807) is 13.0 Å². The highest BCUT2D eigenvalue weighted by atomic mass is 32.2. The van der Waals surface area contributed by atoms with Gasteiger partial charge in [0.05, 0.1) is 6.61 Å². The van der Waals surface area contributed by atoms with Gasteiger partial charge in [-0.05, 0) is 35.4 Å². The van der Waals surface area contributed by atoms with Crippen LogP contribution in [0.1, 0.15) is 24.0 Å². The van der Waals surface area contributed by atoms with Crippen molar-refractivity contribution >= 4 is 26.9 Å². The van der Waals surface area contributed by atoms with Gasteiger partial charge in [-0.3, -0.25) is 4.79 Å². The Morgan fingerprint density at radius 3 is 2.30 bits per heavy atom. The molecule has 0 N–H and O–H groups in total. The molecule has 3 aromatic rings. The minimum absolute atomic E-state index is 0.0942. The van der Waals surface area contributed by atoms with Crippen LogP contribution in [0.5, 0.6) is 5.75 Å². The first-order valence-corrected chi connectivity index (χ1v) is 10.2. The third kappa shape index (κ3) is 3.06. The van der Waals surface area contributed by atoms with E-state index < -0.39 is 27.3 Å². The van der Waals surface area contributed by atoms with Gasteiger partial charge in [0.15, 0.2) is 0 Å². The standard InChI is InChI=1S/C21H18O5S/c1-2-25-21(22)20-19(14-8-4-3-5-9-14)17-12-15-10-6-7-11-16(15)13-18(17)26-27(20,23)24/h3-13,19-20H,2H2,1H3/t19-,20-/m1/s1. The van der Waals surface area contributed by atoms with E-state index >= 15 is 0 Å². The Kier molecular flexibility index (Phi) is 4.36. The molecule has 1 heterocycles. The number of benzene rings is 3. The van der Waals surface area contributed by atoms with E-state index in [0.29, 0.717) is 5.56 Å². The van der Waals surface area contributed by atoms with Gasteiger partial charge < -0.3 is 8.92 Å². The highest BCUT2D eigenvalue weighted by molar-refractivity contribution is 7.88. The second-order valence-electron chi connectivity index (χ2n) is 6.37. The van der Waals surface area contributed by atoms with E-state index in [0.717, 1.165) is 16.3 Å². The van der Waals surface area contributed by atoms with Gasteiger partial charge in [0.25, 0.3) is 0 Å². The fourth-order valence-corrected chi connectivity index (χ4v) is 4.99. The predicted molar refractivity (Wildman–Crippen MR) is 102 cm³/mol. The van der Waals surface area contributed by atoms with Gasteiger partial charge in [0.2, 0.25) is 5.25 Å². The fraction of sp³-hybridized carbons (Fsp3) is 0.190. The van der Waals surface area contributed by atoms with Gasteiger partial charge >= 0.3 is 16.1 Å². The maximum atomic E-state index is 12.9. The summed E-state index contributed by atoms with van der Waals surface area (Å²) < 4.78 is 36.1. The second kappa shape index (κ2) is 6.70. The van der Waals surface area contributed by atoms with Crippen molar-refractivity contribution in [2.24, 2.45) is 0 Å². The third-order valence-corrected chi connectivity index (χ3v) is 6.21. The largest absolute Gasteiger partial charge is 0.465 e. The smallest absolute Gasteiger partial charge is 0.328 e. The number of fused-ring (bicyclic) bond motifs is 2. The van der Waals surface area contributed by atoms with E-state index in [9.17, 15) is 13.2 Å². The summed E-state index contributed by atoms with van der Waals surface area (Å²) in [7, 11) is -4.20. The molecule has 0 saturated heterocycles. The van der Waals surface area contributed by atoms with Crippen molar-refractivity contribution in [3.8, 4) is 5.75 Å². The average Bonchev–Trinajstić information content (AvgIpc) is 2.65. The van der Waals surface area contributed by atoms with E-state index in [-0.39, 0.29) is 12.4 Å². The van der Waals surface area contributed by atoms with Gasteiger partial charge in [-0.2, -0.15) is 8.42 Å². The van der Waals surface area contributed by atoms with E-state index in [1.165, 1.54) is 0 Å². The zero-order chi connectivity index (χ0) is 19.0. The van der Waals surface area contributed by atoms with E-state index in [1.807, 2.05) is 60.7 Å². The lowest BCUT2D eigenvalue weighted by Gasteiger charge is -2.32. The van der Waals surface area contributed by atoms with Gasteiger partial charge in [-0.25, -0.2) is 0 Å². The maximum absolute atomic E-state index is 12.9. The summed E-state index contributed by atoms with van der Waals surface area (Å²) in [5, 5.41) is 0.365. The second-order valence-corrected chi connectivity index (χ2v) is 8.03. The minimum atomic E-state index is -4.20. The fourth-order valence-electron chi connectivity index (χ4n) is 3.55. The molecule has 2 atom stereocenters. The van der Waals surface area contributed by atoms with Crippen LogP contribution in [0.25, 0.3) is 10.8 Å². The Hall–Kier alpha value is -2.86. The summed E-state index contributed by atoms with van der Waals surface area (Å²) in [6.45, 7) is 1.74. The molecule has 27 heavy (non-hydrogen) atoms. The van der Waals surface area contributed by atoms with Crippen LogP contribution in [0.2, 0.25) is 0 Å². The quantitative estimate of drug-likeness (QED) is 0.511. The molecular weight excluding hydrogens is 364 g/mol. The van der Waals surface area contributed by atoms with Crippen molar-refractivity contribution < 1.29 is 22.1 Å². The first-order valence-electron chi connectivity index (χ1n) is 8.69. The molecule has 0 unspecified atom stereocenters. The molecule has 3 aromatic carbocycles. The molecule has 0 fully saturated rings. The summed E-state index contributed by atoms with van der Waals surface area (Å²) in [6, 6.07) is 20.3. The summed E-state index contributed by atoms with van der Waals surface area (Å²) in [5.74, 6) is -1.25. The van der Waals surface area contributed by atoms with Crippen molar-refractivity contribution in [2.75, 3.05) is 6.61 Å². The highest BCUT2D eigenvalue weighted by Gasteiger charge is 2.48. The Morgan fingerprint density at radius 1 is 1.00 bits per heavy atom. The minimum Gasteiger partial charge on any atom is -0.465 e. The van der Waals surface area contributed by atoms with Crippen LogP contribution in [-0.2, 0) is 19.6 Å². The molecular formula is C21H18O5S. The molecule has 0 saturated carbocycles. The van der Waals surface area contributed by atoms with E-state index in [4.69, 9.17) is 8.92 Å². The van der Waals surface area contributed by atoms with Crippen LogP contribution in [0.4, 0.5) is 0 Å². The first kappa shape index (κ1) is 17.5. The molecule has 0 aliphatic carbocycles. The Morgan fingerprint density at radius 2 is 1.63 bits per heavy atom. The predicted octanol–water partition coefficient (Wildman–Crippen LogP) is 3.63. The Bertz CT molecular complexity index is 1110. The number of carbonyl (C=O) groups is 1. The Labute approximate surface area is 157 Å². The first-order chi connectivity index (χ1) is 13.0. The summed E-state index contributed by atoms with van der Waals surface area (Å²) in [4.78, 5) is 12.6. The number of rotatable bonds is 3. The van der Waals surface area contributed by atoms with Crippen molar-refractivity contribution in [1.29, 1.82) is 0 Å². The zero-order valence-corrected chi connectivity index (χ0v) is 15.5. The topological polar surface area (TPSA) is 69.7 Å². The molecule has 1 aliphatic heterocycles. The van der Waals surface area contributed by atoms with Gasteiger partial charge in [-0.15, -0.1) is 0 Å². The number of carbonyl (C=O) groups excluding carboxylic acids is 1. The zero-order valence-electron chi connectivity index (χ0n) is 14.7. The molecule has 4 rings (SSSR count). The van der Waals surface area contributed by atoms with Gasteiger partial charge in [-0.1, -0.05) is 54.6 Å². The number of esters is 1. The SMILES string of the molecule is CCOC(=O)[C@H]1[C@H](c2ccccc2)c2cc3ccccc3cc2OS1(=O)=O. The molecule has 0 radical (unpaired) electrons. The van der Waals surface area contributed by atoms with Crippen LogP contribution in [0.15, 0.2) is 66.7 Å². The molecule has 0 amide bonds. The van der Waals surface area contributed by atoms with Gasteiger partial charge in [0.1, 0.15) is 5.75 Å². The normalized spacial score (nSPS) is 20.5. The molecule has 0 aromatic heterocycles. The molecule has 138 valence electrons. The van der Waals surface area contributed by atoms with Crippen LogP contribution < -0.4 is 4.18 Å². The number of hydrogen-bond donors (Lipinski definition) is 0. The Balaban J connectivity index is 1.99. The highest BCUT2D eigenvalue weighted by Crippen LogP contribution is 2.44. The summed E-state index contributed by atoms with van der Waals surface area (Å²) in [5.41, 5.74) is 1.38. The number of hydrogen-bond acceptors (Lipinski definition) is 5. The van der Waals surface area contributed by atoms with E-state index in [2.05, 4.69) is 0 Å². The molecule has 1 aliphatic rings.